The van der Waals surface area contributed by atoms with E-state index in [-0.39, 0.29) is 5.69 Å². The predicted molar refractivity (Wildman–Crippen MR) is 55.6 cm³/mol. The van der Waals surface area contributed by atoms with Gasteiger partial charge in [0.05, 0.1) is 11.0 Å². The third-order valence-corrected chi connectivity index (χ3v) is 2.78. The van der Waals surface area contributed by atoms with Gasteiger partial charge in [0.15, 0.2) is 0 Å². The second-order valence-electron chi connectivity index (χ2n) is 4.05. The normalized spacial score (nSPS) is 16.4. The summed E-state index contributed by atoms with van der Waals surface area (Å²) in [6, 6.07) is 6.55. The van der Waals surface area contributed by atoms with Crippen molar-refractivity contribution >= 4 is 11.0 Å². The van der Waals surface area contributed by atoms with E-state index in [2.05, 4.69) is 11.1 Å². The van der Waals surface area contributed by atoms with Gasteiger partial charge in [-0.1, -0.05) is 6.07 Å². The van der Waals surface area contributed by atoms with E-state index in [9.17, 15) is 4.79 Å². The number of aryl methyl sites for hydroxylation is 1. The lowest BCUT2D eigenvalue weighted by molar-refractivity contribution is 0.733. The molecule has 3 heteroatoms. The fourth-order valence-electron chi connectivity index (χ4n) is 1.94. The molecule has 0 bridgehead atoms. The van der Waals surface area contributed by atoms with Crippen LogP contribution in [0.1, 0.15) is 24.4 Å². The summed E-state index contributed by atoms with van der Waals surface area (Å²) in [6.07, 6.45) is 2.28. The minimum Gasteiger partial charge on any atom is -0.306 e. The summed E-state index contributed by atoms with van der Waals surface area (Å²) in [6.45, 7) is 2.03. The maximum atomic E-state index is 11.6. The first-order valence-electron chi connectivity index (χ1n) is 4.96. The van der Waals surface area contributed by atoms with E-state index in [0.29, 0.717) is 6.04 Å². The molecule has 0 spiro atoms. The van der Waals surface area contributed by atoms with Gasteiger partial charge < -0.3 is 4.98 Å². The van der Waals surface area contributed by atoms with Gasteiger partial charge in [-0.15, -0.1) is 0 Å². The van der Waals surface area contributed by atoms with Gasteiger partial charge in [-0.05, 0) is 37.5 Å². The zero-order valence-corrected chi connectivity index (χ0v) is 8.08. The van der Waals surface area contributed by atoms with Gasteiger partial charge in [0.2, 0.25) is 0 Å². The first-order chi connectivity index (χ1) is 6.75. The summed E-state index contributed by atoms with van der Waals surface area (Å²) in [5, 5.41) is 0. The Hall–Kier alpha value is -1.51. The number of hydrogen-bond donors (Lipinski definition) is 1. The molecule has 0 atom stereocenters. The summed E-state index contributed by atoms with van der Waals surface area (Å²) in [5.74, 6) is 0. The molecule has 3 nitrogen and oxygen atoms in total. The molecule has 1 N–H and O–H groups in total. The monoisotopic (exact) mass is 188 g/mol. The standard InChI is InChI=1S/C11H12N2O/c1-7-2-5-10-9(6-7)12-11(14)13(10)8-3-4-8/h2,5-6,8H,3-4H2,1H3,(H,12,14). The number of benzene rings is 1. The van der Waals surface area contributed by atoms with E-state index in [1.54, 1.807) is 0 Å². The number of hydrogen-bond acceptors (Lipinski definition) is 1. The van der Waals surface area contributed by atoms with Gasteiger partial charge in [-0.25, -0.2) is 4.79 Å². The topological polar surface area (TPSA) is 37.8 Å². The van der Waals surface area contributed by atoms with Gasteiger partial charge in [0, 0.05) is 6.04 Å². The third-order valence-electron chi connectivity index (χ3n) is 2.78. The second-order valence-corrected chi connectivity index (χ2v) is 4.05. The Bertz CT molecular complexity index is 546. The Morgan fingerprint density at radius 3 is 2.93 bits per heavy atom. The number of fused-ring (bicyclic) bond motifs is 1. The number of aromatic nitrogens is 2. The summed E-state index contributed by atoms with van der Waals surface area (Å²) in [4.78, 5) is 14.5. The van der Waals surface area contributed by atoms with Crippen LogP contribution >= 0.6 is 0 Å². The average Bonchev–Trinajstić information content (AvgIpc) is 2.89. The smallest absolute Gasteiger partial charge is 0.306 e. The van der Waals surface area contributed by atoms with E-state index in [4.69, 9.17) is 0 Å². The molecule has 2 aromatic rings. The first kappa shape index (κ1) is 7.85. The number of H-pyrrole nitrogens is 1. The Labute approximate surface area is 81.4 Å². The molecule has 1 fully saturated rings. The minimum absolute atomic E-state index is 0.0353. The minimum atomic E-state index is 0.0353. The van der Waals surface area contributed by atoms with Crippen LogP contribution in [0, 0.1) is 6.92 Å². The van der Waals surface area contributed by atoms with Gasteiger partial charge in [0.1, 0.15) is 0 Å². The van der Waals surface area contributed by atoms with Gasteiger partial charge >= 0.3 is 5.69 Å². The van der Waals surface area contributed by atoms with Gasteiger partial charge in [-0.3, -0.25) is 4.57 Å². The van der Waals surface area contributed by atoms with Gasteiger partial charge in [0.25, 0.3) is 0 Å². The van der Waals surface area contributed by atoms with Crippen molar-refractivity contribution in [3.05, 3.63) is 34.2 Å². The summed E-state index contributed by atoms with van der Waals surface area (Å²) < 4.78 is 1.88. The van der Waals surface area contributed by atoms with Crippen molar-refractivity contribution in [3.8, 4) is 0 Å². The molecular weight excluding hydrogens is 176 g/mol. The van der Waals surface area contributed by atoms with Crippen LogP contribution in [-0.2, 0) is 0 Å². The van der Waals surface area contributed by atoms with E-state index in [0.717, 1.165) is 23.9 Å². The zero-order valence-electron chi connectivity index (χ0n) is 8.08. The molecular formula is C11H12N2O. The molecule has 1 aromatic carbocycles. The van der Waals surface area contributed by atoms with E-state index in [1.807, 2.05) is 23.6 Å². The lowest BCUT2D eigenvalue weighted by atomic mass is 10.2. The zero-order chi connectivity index (χ0) is 9.71. The summed E-state index contributed by atoms with van der Waals surface area (Å²) in [5.41, 5.74) is 3.22. The lowest BCUT2D eigenvalue weighted by Crippen LogP contribution is -2.14. The number of imidazole rings is 1. The number of aromatic amines is 1. The van der Waals surface area contributed by atoms with Crippen LogP contribution < -0.4 is 5.69 Å². The van der Waals surface area contributed by atoms with Gasteiger partial charge in [-0.2, -0.15) is 0 Å². The van der Waals surface area contributed by atoms with Crippen molar-refractivity contribution in [1.82, 2.24) is 9.55 Å². The first-order valence-corrected chi connectivity index (χ1v) is 4.96. The molecule has 14 heavy (non-hydrogen) atoms. The van der Waals surface area contributed by atoms with Crippen molar-refractivity contribution in [2.75, 3.05) is 0 Å². The van der Waals surface area contributed by atoms with E-state index < -0.39 is 0 Å². The van der Waals surface area contributed by atoms with Crippen molar-refractivity contribution in [2.45, 2.75) is 25.8 Å². The van der Waals surface area contributed by atoms with Crippen molar-refractivity contribution in [2.24, 2.45) is 0 Å². The molecule has 1 heterocycles. The summed E-state index contributed by atoms with van der Waals surface area (Å²) >= 11 is 0. The molecule has 1 aliphatic carbocycles. The number of nitrogens with zero attached hydrogens (tertiary/aromatic N) is 1. The maximum Gasteiger partial charge on any atom is 0.326 e. The van der Waals surface area contributed by atoms with Crippen molar-refractivity contribution < 1.29 is 0 Å². The van der Waals surface area contributed by atoms with Crippen molar-refractivity contribution in [1.29, 1.82) is 0 Å². The SMILES string of the molecule is Cc1ccc2c(c1)[nH]c(=O)n2C1CC1. The molecule has 0 amide bonds. The summed E-state index contributed by atoms with van der Waals surface area (Å²) in [7, 11) is 0. The Morgan fingerprint density at radius 2 is 2.21 bits per heavy atom. The Balaban J connectivity index is 2.37. The van der Waals surface area contributed by atoms with E-state index in [1.165, 1.54) is 5.56 Å². The van der Waals surface area contributed by atoms with Crippen LogP contribution in [0.5, 0.6) is 0 Å². The molecule has 1 aliphatic rings. The molecule has 1 aromatic heterocycles. The highest BCUT2D eigenvalue weighted by Crippen LogP contribution is 2.35. The number of rotatable bonds is 1. The second kappa shape index (κ2) is 2.50. The Morgan fingerprint density at radius 1 is 1.43 bits per heavy atom. The fourth-order valence-corrected chi connectivity index (χ4v) is 1.94. The van der Waals surface area contributed by atoms with Crippen LogP contribution in [0.3, 0.4) is 0 Å². The van der Waals surface area contributed by atoms with E-state index >= 15 is 0 Å². The molecule has 0 aliphatic heterocycles. The highest BCUT2D eigenvalue weighted by atomic mass is 16.1. The third kappa shape index (κ3) is 1.02. The highest BCUT2D eigenvalue weighted by Gasteiger charge is 2.26. The molecule has 3 rings (SSSR count). The highest BCUT2D eigenvalue weighted by molar-refractivity contribution is 5.76. The maximum absolute atomic E-state index is 11.6. The lowest BCUT2D eigenvalue weighted by Gasteiger charge is -1.99. The molecule has 0 unspecified atom stereocenters. The molecule has 0 saturated heterocycles. The quantitative estimate of drug-likeness (QED) is 0.730. The fraction of sp³-hybridized carbons (Fsp3) is 0.364. The Kier molecular flexibility index (Phi) is 1.40. The van der Waals surface area contributed by atoms with Crippen molar-refractivity contribution in [3.63, 3.8) is 0 Å². The predicted octanol–water partition coefficient (Wildman–Crippen LogP) is 1.97. The molecule has 1 saturated carbocycles. The average molecular weight is 188 g/mol. The van der Waals surface area contributed by atoms with Crippen LogP contribution in [0.4, 0.5) is 0 Å². The van der Waals surface area contributed by atoms with Crippen LogP contribution in [0.25, 0.3) is 11.0 Å². The molecule has 0 radical (unpaired) electrons. The van der Waals surface area contributed by atoms with Crippen LogP contribution in [0.15, 0.2) is 23.0 Å². The van der Waals surface area contributed by atoms with Crippen LogP contribution in [0.2, 0.25) is 0 Å². The largest absolute Gasteiger partial charge is 0.326 e. The molecule has 72 valence electrons. The number of nitrogens with one attached hydrogen (secondary N) is 1. The van der Waals surface area contributed by atoms with Crippen LogP contribution in [-0.4, -0.2) is 9.55 Å².